The van der Waals surface area contributed by atoms with E-state index in [1.54, 1.807) is 39.8 Å². The van der Waals surface area contributed by atoms with E-state index < -0.39 is 10.0 Å². The Hall–Kier alpha value is -1.67. The summed E-state index contributed by atoms with van der Waals surface area (Å²) in [5.74, 6) is -0.366. The van der Waals surface area contributed by atoms with Crippen LogP contribution in [0.15, 0.2) is 29.2 Å². The number of nitrogens with one attached hydrogen (secondary N) is 1. The van der Waals surface area contributed by atoms with Gasteiger partial charge < -0.3 is 5.32 Å². The van der Waals surface area contributed by atoms with E-state index in [4.69, 9.17) is 23.2 Å². The number of halogens is 2. The van der Waals surface area contributed by atoms with Crippen LogP contribution in [0.3, 0.4) is 0 Å². The molecule has 0 aliphatic heterocycles. The van der Waals surface area contributed by atoms with Crippen LogP contribution in [0.4, 0.5) is 5.69 Å². The third-order valence-electron chi connectivity index (χ3n) is 4.31. The van der Waals surface area contributed by atoms with Crippen LogP contribution in [-0.2, 0) is 21.2 Å². The maximum atomic E-state index is 12.7. The molecule has 0 atom stereocenters. The molecule has 0 saturated carbocycles. The van der Waals surface area contributed by atoms with Crippen LogP contribution in [0.25, 0.3) is 0 Å². The number of hydrogen-bond acceptors (Lipinski definition) is 4. The summed E-state index contributed by atoms with van der Waals surface area (Å²) in [6.07, 6.45) is -0.0720. The molecule has 152 valence electrons. The highest BCUT2D eigenvalue weighted by atomic mass is 35.5. The molecule has 1 heterocycles. The minimum Gasteiger partial charge on any atom is -0.326 e. The van der Waals surface area contributed by atoms with E-state index in [1.807, 2.05) is 0 Å². The monoisotopic (exact) mass is 443 g/mol. The molecule has 0 aliphatic carbocycles. The van der Waals surface area contributed by atoms with E-state index in [0.29, 0.717) is 35.1 Å². The van der Waals surface area contributed by atoms with Gasteiger partial charge in [0.05, 0.1) is 11.3 Å². The predicted molar refractivity (Wildman–Crippen MR) is 113 cm³/mol. The van der Waals surface area contributed by atoms with Gasteiger partial charge in [0, 0.05) is 35.1 Å². The number of anilines is 1. The fraction of sp³-hybridized carbons (Fsp3) is 0.368. The Labute approximate surface area is 175 Å². The molecule has 0 radical (unpaired) electrons. The van der Waals surface area contributed by atoms with E-state index >= 15 is 0 Å². The van der Waals surface area contributed by atoms with Crippen molar-refractivity contribution >= 4 is 44.8 Å². The SMILES string of the molecule is CCN(CC)S(=O)(=O)c1ccc(C)c(NC(=O)Cc2c(Cl)cc(C)nc2Cl)c1. The normalized spacial score (nSPS) is 11.7. The molecule has 1 N–H and O–H groups in total. The summed E-state index contributed by atoms with van der Waals surface area (Å²) in [6, 6.07) is 6.31. The highest BCUT2D eigenvalue weighted by molar-refractivity contribution is 7.89. The molecule has 2 aromatic rings. The second kappa shape index (κ2) is 9.22. The van der Waals surface area contributed by atoms with Gasteiger partial charge in [-0.05, 0) is 37.6 Å². The fourth-order valence-electron chi connectivity index (χ4n) is 2.74. The minimum atomic E-state index is -3.62. The van der Waals surface area contributed by atoms with Crippen LogP contribution < -0.4 is 5.32 Å². The number of pyridine rings is 1. The number of hydrogen-bond donors (Lipinski definition) is 1. The van der Waals surface area contributed by atoms with Crippen LogP contribution in [-0.4, -0.2) is 36.7 Å². The number of sulfonamides is 1. The van der Waals surface area contributed by atoms with Crippen LogP contribution in [0, 0.1) is 13.8 Å². The molecule has 0 unspecified atom stereocenters. The van der Waals surface area contributed by atoms with Gasteiger partial charge in [-0.2, -0.15) is 4.31 Å². The molecule has 0 fully saturated rings. The largest absolute Gasteiger partial charge is 0.326 e. The Morgan fingerprint density at radius 2 is 1.79 bits per heavy atom. The average molecular weight is 444 g/mol. The molecular formula is C19H23Cl2N3O3S. The van der Waals surface area contributed by atoms with Gasteiger partial charge in [0.2, 0.25) is 15.9 Å². The van der Waals surface area contributed by atoms with Crippen molar-refractivity contribution < 1.29 is 13.2 Å². The van der Waals surface area contributed by atoms with Gasteiger partial charge in [-0.15, -0.1) is 0 Å². The van der Waals surface area contributed by atoms with E-state index in [-0.39, 0.29) is 22.4 Å². The van der Waals surface area contributed by atoms with E-state index in [0.717, 1.165) is 5.56 Å². The quantitative estimate of drug-likeness (QED) is 0.649. The molecule has 0 aliphatic rings. The third kappa shape index (κ3) is 5.03. The Morgan fingerprint density at radius 1 is 1.14 bits per heavy atom. The Bertz CT molecular complexity index is 967. The summed E-state index contributed by atoms with van der Waals surface area (Å²) >= 11 is 12.3. The number of aromatic nitrogens is 1. The van der Waals surface area contributed by atoms with Crippen molar-refractivity contribution in [3.8, 4) is 0 Å². The first-order valence-corrected chi connectivity index (χ1v) is 11.0. The molecule has 9 heteroatoms. The first kappa shape index (κ1) is 22.6. The molecule has 1 aromatic carbocycles. The lowest BCUT2D eigenvalue weighted by molar-refractivity contribution is -0.115. The van der Waals surface area contributed by atoms with Gasteiger partial charge in [-0.1, -0.05) is 43.1 Å². The Kier molecular flexibility index (Phi) is 7.45. The Balaban J connectivity index is 2.28. The van der Waals surface area contributed by atoms with Gasteiger partial charge >= 0.3 is 0 Å². The topological polar surface area (TPSA) is 79.4 Å². The molecule has 0 bridgehead atoms. The van der Waals surface area contributed by atoms with E-state index in [1.165, 1.54) is 16.4 Å². The van der Waals surface area contributed by atoms with Crippen molar-refractivity contribution in [2.45, 2.75) is 39.0 Å². The number of aryl methyl sites for hydroxylation is 2. The average Bonchev–Trinajstić information content (AvgIpc) is 2.60. The maximum Gasteiger partial charge on any atom is 0.243 e. The van der Waals surface area contributed by atoms with Crippen LogP contribution >= 0.6 is 23.2 Å². The number of carbonyl (C=O) groups excluding carboxylic acids is 1. The van der Waals surface area contributed by atoms with E-state index in [2.05, 4.69) is 10.3 Å². The summed E-state index contributed by atoms with van der Waals surface area (Å²) in [4.78, 5) is 16.8. The minimum absolute atomic E-state index is 0.0720. The number of benzene rings is 1. The molecule has 0 spiro atoms. The highest BCUT2D eigenvalue weighted by Gasteiger charge is 2.23. The molecular weight excluding hydrogens is 421 g/mol. The van der Waals surface area contributed by atoms with Crippen molar-refractivity contribution in [2.24, 2.45) is 0 Å². The van der Waals surface area contributed by atoms with Crippen molar-refractivity contribution in [3.63, 3.8) is 0 Å². The van der Waals surface area contributed by atoms with Gasteiger partial charge in [0.1, 0.15) is 5.15 Å². The molecule has 0 saturated heterocycles. The summed E-state index contributed by atoms with van der Waals surface area (Å²) in [5.41, 5.74) is 2.25. The maximum absolute atomic E-state index is 12.7. The molecule has 28 heavy (non-hydrogen) atoms. The third-order valence-corrected chi connectivity index (χ3v) is 7.01. The predicted octanol–water partition coefficient (Wildman–Crippen LogP) is 4.22. The van der Waals surface area contributed by atoms with Crippen LogP contribution in [0.1, 0.15) is 30.7 Å². The first-order valence-electron chi connectivity index (χ1n) is 8.82. The lowest BCUT2D eigenvalue weighted by Crippen LogP contribution is -2.30. The number of carbonyl (C=O) groups is 1. The van der Waals surface area contributed by atoms with E-state index in [9.17, 15) is 13.2 Å². The summed E-state index contributed by atoms with van der Waals surface area (Å²) in [6.45, 7) is 7.84. The lowest BCUT2D eigenvalue weighted by Gasteiger charge is -2.19. The first-order chi connectivity index (χ1) is 13.1. The zero-order valence-corrected chi connectivity index (χ0v) is 18.5. The van der Waals surface area contributed by atoms with Gasteiger partial charge in [-0.3, -0.25) is 4.79 Å². The van der Waals surface area contributed by atoms with Crippen LogP contribution in [0.2, 0.25) is 10.2 Å². The number of rotatable bonds is 7. The summed E-state index contributed by atoms with van der Waals surface area (Å²) in [7, 11) is -3.62. The summed E-state index contributed by atoms with van der Waals surface area (Å²) < 4.78 is 26.8. The highest BCUT2D eigenvalue weighted by Crippen LogP contribution is 2.26. The second-order valence-corrected chi connectivity index (χ2v) is 9.01. The zero-order chi connectivity index (χ0) is 21.1. The van der Waals surface area contributed by atoms with Crippen LogP contribution in [0.5, 0.6) is 0 Å². The van der Waals surface area contributed by atoms with Crippen molar-refractivity contribution in [1.29, 1.82) is 0 Å². The zero-order valence-electron chi connectivity index (χ0n) is 16.2. The smallest absolute Gasteiger partial charge is 0.243 e. The van der Waals surface area contributed by atoms with Crippen molar-refractivity contribution in [2.75, 3.05) is 18.4 Å². The molecule has 6 nitrogen and oxygen atoms in total. The van der Waals surface area contributed by atoms with Gasteiger partial charge in [0.15, 0.2) is 0 Å². The lowest BCUT2D eigenvalue weighted by atomic mass is 10.1. The number of nitrogens with zero attached hydrogens (tertiary/aromatic N) is 2. The van der Waals surface area contributed by atoms with Gasteiger partial charge in [0.25, 0.3) is 0 Å². The summed E-state index contributed by atoms with van der Waals surface area (Å²) in [5, 5.41) is 3.29. The van der Waals surface area contributed by atoms with Crippen molar-refractivity contribution in [1.82, 2.24) is 9.29 Å². The number of amides is 1. The van der Waals surface area contributed by atoms with Gasteiger partial charge in [-0.25, -0.2) is 13.4 Å². The van der Waals surface area contributed by atoms with Crippen molar-refractivity contribution in [3.05, 3.63) is 51.3 Å². The standard InChI is InChI=1S/C19H23Cl2N3O3S/c1-5-24(6-2)28(26,27)14-8-7-12(3)17(10-14)23-18(25)11-15-16(20)9-13(4)22-19(15)21/h7-10H,5-6,11H2,1-4H3,(H,23,25). The fourth-order valence-corrected chi connectivity index (χ4v) is 4.89. The molecule has 1 aromatic heterocycles. The Morgan fingerprint density at radius 3 is 2.36 bits per heavy atom. The molecule has 1 amide bonds. The second-order valence-electron chi connectivity index (χ2n) is 6.31. The molecule has 2 rings (SSSR count).